The molecule has 0 aliphatic heterocycles. The van der Waals surface area contributed by atoms with Crippen LogP contribution < -0.4 is 21.7 Å². The van der Waals surface area contributed by atoms with E-state index < -0.39 is 66.9 Å². The number of hydrogen-bond acceptors (Lipinski definition) is 9. The molecule has 4 unspecified atom stereocenters. The molecule has 1 aromatic rings. The van der Waals surface area contributed by atoms with Gasteiger partial charge in [-0.1, -0.05) is 0 Å². The Morgan fingerprint density at radius 2 is 1.61 bits per heavy atom. The number of carbonyl (C=O) groups excluding carboxylic acids is 3. The van der Waals surface area contributed by atoms with Crippen LogP contribution in [0.2, 0.25) is 0 Å². The summed E-state index contributed by atoms with van der Waals surface area (Å²) in [4.78, 5) is 65.5. The van der Waals surface area contributed by atoms with Gasteiger partial charge in [-0.25, -0.2) is 9.78 Å². The Labute approximate surface area is 181 Å². The van der Waals surface area contributed by atoms with Crippen molar-refractivity contribution >= 4 is 42.3 Å². The molecule has 9 N–H and O–H groups in total. The summed E-state index contributed by atoms with van der Waals surface area (Å²) in [5, 5.41) is 33.3. The van der Waals surface area contributed by atoms with Crippen molar-refractivity contribution in [3.63, 3.8) is 0 Å². The minimum absolute atomic E-state index is 0.0483. The van der Waals surface area contributed by atoms with Crippen LogP contribution >= 0.6 is 12.6 Å². The third kappa shape index (κ3) is 8.61. The van der Waals surface area contributed by atoms with Gasteiger partial charge in [0.05, 0.1) is 25.4 Å². The Morgan fingerprint density at radius 3 is 2.10 bits per heavy atom. The highest BCUT2D eigenvalue weighted by Crippen LogP contribution is 2.01. The van der Waals surface area contributed by atoms with Crippen molar-refractivity contribution in [1.82, 2.24) is 25.9 Å². The van der Waals surface area contributed by atoms with Crippen molar-refractivity contribution in [1.29, 1.82) is 0 Å². The number of aliphatic carboxylic acids is 2. The lowest BCUT2D eigenvalue weighted by Crippen LogP contribution is -2.58. The number of aromatic amines is 1. The number of thiol groups is 1. The summed E-state index contributed by atoms with van der Waals surface area (Å²) in [6, 6.07) is -5.66. The van der Waals surface area contributed by atoms with E-state index in [1.807, 2.05) is 5.32 Å². The summed E-state index contributed by atoms with van der Waals surface area (Å²) >= 11 is 3.90. The van der Waals surface area contributed by atoms with Crippen LogP contribution in [0.15, 0.2) is 12.5 Å². The fraction of sp³-hybridized carbons (Fsp3) is 0.500. The molecule has 1 rings (SSSR count). The topological polar surface area (TPSA) is 237 Å². The van der Waals surface area contributed by atoms with E-state index in [0.29, 0.717) is 5.69 Å². The van der Waals surface area contributed by atoms with E-state index in [4.69, 9.17) is 21.1 Å². The lowest BCUT2D eigenvalue weighted by molar-refractivity contribution is -0.144. The van der Waals surface area contributed by atoms with E-state index >= 15 is 0 Å². The quantitative estimate of drug-likeness (QED) is 0.130. The molecular weight excluding hydrogens is 436 g/mol. The average Bonchev–Trinajstić information content (AvgIpc) is 3.21. The van der Waals surface area contributed by atoms with E-state index in [2.05, 4.69) is 33.2 Å². The number of nitrogens with zero attached hydrogens (tertiary/aromatic N) is 1. The molecule has 1 heterocycles. The van der Waals surface area contributed by atoms with Gasteiger partial charge < -0.3 is 42.0 Å². The minimum atomic E-state index is -1.61. The Bertz CT molecular complexity index is 789. The molecule has 4 atom stereocenters. The highest BCUT2D eigenvalue weighted by atomic mass is 32.1. The Kier molecular flexibility index (Phi) is 10.4. The molecule has 0 aromatic carbocycles. The summed E-state index contributed by atoms with van der Waals surface area (Å²) in [6.45, 7) is -0.889. The Hall–Kier alpha value is -3.17. The Morgan fingerprint density at radius 1 is 1.03 bits per heavy atom. The number of carboxylic acids is 2. The SMILES string of the molecule is NC(Cc1cnc[nH]1)C(=O)NC(CC(=O)O)C(=O)NC(CS)C(=O)NC(CO)C(=O)O. The number of aromatic nitrogens is 2. The molecule has 0 spiro atoms. The maximum absolute atomic E-state index is 12.5. The molecule has 0 bridgehead atoms. The number of H-pyrrole nitrogens is 1. The van der Waals surface area contributed by atoms with Gasteiger partial charge in [-0.3, -0.25) is 19.2 Å². The predicted octanol–water partition coefficient (Wildman–Crippen LogP) is -3.78. The smallest absolute Gasteiger partial charge is 0.328 e. The lowest BCUT2D eigenvalue weighted by Gasteiger charge is -2.23. The number of aliphatic hydroxyl groups is 1. The molecule has 172 valence electrons. The molecule has 0 saturated carbocycles. The number of carboxylic acid groups (broad SMARTS) is 2. The summed E-state index contributed by atoms with van der Waals surface area (Å²) in [5.74, 6) is -5.98. The largest absolute Gasteiger partial charge is 0.481 e. The van der Waals surface area contributed by atoms with Crippen molar-refractivity contribution in [2.24, 2.45) is 5.73 Å². The zero-order valence-electron chi connectivity index (χ0n) is 16.1. The van der Waals surface area contributed by atoms with Gasteiger partial charge in [0, 0.05) is 24.1 Å². The molecule has 31 heavy (non-hydrogen) atoms. The van der Waals surface area contributed by atoms with Crippen LogP contribution in [0.25, 0.3) is 0 Å². The highest BCUT2D eigenvalue weighted by Gasteiger charge is 2.30. The lowest BCUT2D eigenvalue weighted by atomic mass is 10.1. The van der Waals surface area contributed by atoms with Crippen LogP contribution in [0.1, 0.15) is 12.1 Å². The van der Waals surface area contributed by atoms with Crippen LogP contribution in [0.4, 0.5) is 0 Å². The number of carbonyl (C=O) groups is 5. The molecular formula is C16H24N6O8S. The van der Waals surface area contributed by atoms with E-state index in [0.717, 1.165) is 0 Å². The molecule has 0 aliphatic carbocycles. The van der Waals surface area contributed by atoms with E-state index in [9.17, 15) is 24.0 Å². The van der Waals surface area contributed by atoms with Crippen molar-refractivity contribution in [2.75, 3.05) is 12.4 Å². The maximum Gasteiger partial charge on any atom is 0.328 e. The third-order valence-electron chi connectivity index (χ3n) is 3.96. The molecule has 14 nitrogen and oxygen atoms in total. The second kappa shape index (κ2) is 12.5. The number of amides is 3. The van der Waals surface area contributed by atoms with Gasteiger partial charge in [-0.15, -0.1) is 0 Å². The van der Waals surface area contributed by atoms with Gasteiger partial charge >= 0.3 is 11.9 Å². The number of nitrogens with two attached hydrogens (primary N) is 1. The van der Waals surface area contributed by atoms with Gasteiger partial charge in [0.1, 0.15) is 18.1 Å². The van der Waals surface area contributed by atoms with Crippen molar-refractivity contribution < 1.29 is 39.3 Å². The van der Waals surface area contributed by atoms with Gasteiger partial charge in [0.25, 0.3) is 0 Å². The van der Waals surface area contributed by atoms with Crippen molar-refractivity contribution in [2.45, 2.75) is 37.0 Å². The standard InChI is InChI=1S/C16H24N6O8S/c17-8(1-7-3-18-6-19-7)13(26)20-9(2-12(24)25)14(27)22-11(5-31)15(28)21-10(4-23)16(29)30/h3,6,8-11,23,31H,1-2,4-5,17H2,(H,18,19)(H,20,26)(H,21,28)(H,22,27)(H,24,25)(H,29,30). The average molecular weight is 460 g/mol. The first-order valence-electron chi connectivity index (χ1n) is 8.89. The number of aliphatic hydroxyl groups excluding tert-OH is 1. The molecule has 0 radical (unpaired) electrons. The number of rotatable bonds is 13. The summed E-state index contributed by atoms with van der Waals surface area (Å²) in [7, 11) is 0. The zero-order valence-corrected chi connectivity index (χ0v) is 17.0. The van der Waals surface area contributed by atoms with Gasteiger partial charge in [0.15, 0.2) is 0 Å². The summed E-state index contributed by atoms with van der Waals surface area (Å²) in [5.41, 5.74) is 6.31. The van der Waals surface area contributed by atoms with Gasteiger partial charge in [-0.05, 0) is 0 Å². The second-order valence-electron chi connectivity index (χ2n) is 6.37. The van der Waals surface area contributed by atoms with Crippen molar-refractivity contribution in [3.8, 4) is 0 Å². The van der Waals surface area contributed by atoms with Crippen molar-refractivity contribution in [3.05, 3.63) is 18.2 Å². The van der Waals surface area contributed by atoms with E-state index in [1.165, 1.54) is 12.5 Å². The number of nitrogens with one attached hydrogen (secondary N) is 4. The Balaban J connectivity index is 2.80. The third-order valence-corrected chi connectivity index (χ3v) is 4.32. The monoisotopic (exact) mass is 460 g/mol. The second-order valence-corrected chi connectivity index (χ2v) is 6.74. The number of hydrogen-bond donors (Lipinski definition) is 9. The van der Waals surface area contributed by atoms with Crippen LogP contribution in [-0.2, 0) is 30.4 Å². The van der Waals surface area contributed by atoms with Gasteiger partial charge in [-0.2, -0.15) is 12.6 Å². The first kappa shape index (κ1) is 25.9. The fourth-order valence-corrected chi connectivity index (χ4v) is 2.57. The van der Waals surface area contributed by atoms with E-state index in [1.54, 1.807) is 0 Å². The first-order valence-corrected chi connectivity index (χ1v) is 9.52. The van der Waals surface area contributed by atoms with Crippen LogP contribution in [-0.4, -0.2) is 91.5 Å². The van der Waals surface area contributed by atoms with Crippen LogP contribution in [0.5, 0.6) is 0 Å². The fourth-order valence-electron chi connectivity index (χ4n) is 2.31. The molecule has 0 saturated heterocycles. The van der Waals surface area contributed by atoms with Crippen LogP contribution in [0, 0.1) is 0 Å². The highest BCUT2D eigenvalue weighted by molar-refractivity contribution is 7.80. The molecule has 15 heteroatoms. The predicted molar refractivity (Wildman–Crippen MR) is 107 cm³/mol. The summed E-state index contributed by atoms with van der Waals surface area (Å²) < 4.78 is 0. The summed E-state index contributed by atoms with van der Waals surface area (Å²) in [6.07, 6.45) is 2.08. The first-order chi connectivity index (χ1) is 14.6. The zero-order chi connectivity index (χ0) is 23.6. The molecule has 3 amide bonds. The molecule has 0 aliphatic rings. The number of imidazole rings is 1. The molecule has 0 fully saturated rings. The normalized spacial score (nSPS) is 14.5. The maximum atomic E-state index is 12.5. The minimum Gasteiger partial charge on any atom is -0.481 e. The van der Waals surface area contributed by atoms with Gasteiger partial charge in [0.2, 0.25) is 17.7 Å². The molecule has 1 aromatic heterocycles. The van der Waals surface area contributed by atoms with E-state index in [-0.39, 0.29) is 12.2 Å². The van der Waals surface area contributed by atoms with Crippen LogP contribution in [0.3, 0.4) is 0 Å².